The van der Waals surface area contributed by atoms with Crippen LogP contribution in [0.25, 0.3) is 6.08 Å². The molecule has 0 unspecified atom stereocenters. The number of benzene rings is 2. The van der Waals surface area contributed by atoms with Crippen molar-refractivity contribution in [2.45, 2.75) is 0 Å². The summed E-state index contributed by atoms with van der Waals surface area (Å²) >= 11 is 0. The molecule has 96 valence electrons. The SMILES string of the molecule is O=C(/C=C/c1ccc(O)c(O)c1)c1ccccc1O. The highest BCUT2D eigenvalue weighted by Crippen LogP contribution is 2.25. The summed E-state index contributed by atoms with van der Waals surface area (Å²) in [7, 11) is 0. The van der Waals surface area contributed by atoms with Crippen molar-refractivity contribution in [3.63, 3.8) is 0 Å². The molecule has 0 aliphatic carbocycles. The van der Waals surface area contributed by atoms with Crippen LogP contribution in [-0.2, 0) is 0 Å². The number of ketones is 1. The molecule has 0 radical (unpaired) electrons. The first-order valence-corrected chi connectivity index (χ1v) is 5.60. The molecule has 3 N–H and O–H groups in total. The van der Waals surface area contributed by atoms with Crippen molar-refractivity contribution in [2.75, 3.05) is 0 Å². The van der Waals surface area contributed by atoms with Gasteiger partial charge in [0.15, 0.2) is 17.3 Å². The molecular weight excluding hydrogens is 244 g/mol. The summed E-state index contributed by atoms with van der Waals surface area (Å²) in [5.74, 6) is -0.891. The Kier molecular flexibility index (Phi) is 3.52. The lowest BCUT2D eigenvalue weighted by molar-refractivity contribution is 0.104. The standard InChI is InChI=1S/C15H12O4/c16-12-4-2-1-3-11(12)13(17)7-5-10-6-8-14(18)15(19)9-10/h1-9,16,18-19H/b7-5+. The third-order valence-corrected chi connectivity index (χ3v) is 2.60. The summed E-state index contributed by atoms with van der Waals surface area (Å²) in [6.45, 7) is 0. The summed E-state index contributed by atoms with van der Waals surface area (Å²) in [6, 6.07) is 10.5. The average molecular weight is 256 g/mol. The lowest BCUT2D eigenvalue weighted by atomic mass is 10.1. The Morgan fingerprint density at radius 2 is 1.63 bits per heavy atom. The fraction of sp³-hybridized carbons (Fsp3) is 0. The molecule has 0 bridgehead atoms. The van der Waals surface area contributed by atoms with E-state index in [4.69, 9.17) is 5.11 Å². The van der Waals surface area contributed by atoms with E-state index < -0.39 is 0 Å². The molecule has 2 aromatic rings. The lowest BCUT2D eigenvalue weighted by Crippen LogP contribution is -1.94. The minimum Gasteiger partial charge on any atom is -0.507 e. The Morgan fingerprint density at radius 1 is 0.895 bits per heavy atom. The number of hydrogen-bond acceptors (Lipinski definition) is 4. The van der Waals surface area contributed by atoms with Crippen LogP contribution >= 0.6 is 0 Å². The van der Waals surface area contributed by atoms with Gasteiger partial charge in [0, 0.05) is 0 Å². The molecule has 0 aliphatic heterocycles. The monoisotopic (exact) mass is 256 g/mol. The van der Waals surface area contributed by atoms with Crippen molar-refractivity contribution in [3.05, 3.63) is 59.7 Å². The van der Waals surface area contributed by atoms with Crippen LogP contribution < -0.4 is 0 Å². The number of para-hydroxylation sites is 1. The molecular formula is C15H12O4. The smallest absolute Gasteiger partial charge is 0.189 e. The van der Waals surface area contributed by atoms with Gasteiger partial charge in [-0.15, -0.1) is 0 Å². The molecule has 0 aromatic heterocycles. The zero-order valence-electron chi connectivity index (χ0n) is 9.95. The fourth-order valence-electron chi connectivity index (χ4n) is 1.59. The van der Waals surface area contributed by atoms with E-state index in [9.17, 15) is 15.0 Å². The topological polar surface area (TPSA) is 77.8 Å². The average Bonchev–Trinajstić information content (AvgIpc) is 2.40. The van der Waals surface area contributed by atoms with Crippen LogP contribution in [0.2, 0.25) is 0 Å². The number of allylic oxidation sites excluding steroid dienone is 1. The molecule has 2 aromatic carbocycles. The van der Waals surface area contributed by atoms with Gasteiger partial charge >= 0.3 is 0 Å². The predicted molar refractivity (Wildman–Crippen MR) is 71.2 cm³/mol. The van der Waals surface area contributed by atoms with Gasteiger partial charge in [-0.2, -0.15) is 0 Å². The molecule has 0 saturated carbocycles. The van der Waals surface area contributed by atoms with E-state index >= 15 is 0 Å². The normalized spacial score (nSPS) is 10.7. The van der Waals surface area contributed by atoms with Gasteiger partial charge in [-0.25, -0.2) is 0 Å². The minimum absolute atomic E-state index is 0.0781. The number of rotatable bonds is 3. The van der Waals surface area contributed by atoms with Gasteiger partial charge in [-0.3, -0.25) is 4.79 Å². The van der Waals surface area contributed by atoms with Crippen molar-refractivity contribution < 1.29 is 20.1 Å². The first-order chi connectivity index (χ1) is 9.08. The number of phenols is 3. The number of aromatic hydroxyl groups is 3. The van der Waals surface area contributed by atoms with Crippen molar-refractivity contribution in [3.8, 4) is 17.2 Å². The van der Waals surface area contributed by atoms with Gasteiger partial charge in [0.2, 0.25) is 0 Å². The second-order valence-corrected chi connectivity index (χ2v) is 3.96. The Morgan fingerprint density at radius 3 is 2.32 bits per heavy atom. The van der Waals surface area contributed by atoms with Gasteiger partial charge in [0.25, 0.3) is 0 Å². The van der Waals surface area contributed by atoms with Crippen molar-refractivity contribution in [2.24, 2.45) is 0 Å². The van der Waals surface area contributed by atoms with Crippen LogP contribution in [-0.4, -0.2) is 21.1 Å². The molecule has 0 atom stereocenters. The molecule has 0 spiro atoms. The van der Waals surface area contributed by atoms with Crippen LogP contribution in [0.5, 0.6) is 17.2 Å². The number of phenolic OH excluding ortho intramolecular Hbond substituents is 3. The van der Waals surface area contributed by atoms with Gasteiger partial charge in [0.05, 0.1) is 5.56 Å². The molecule has 0 aliphatic rings. The lowest BCUT2D eigenvalue weighted by Gasteiger charge is -2.00. The van der Waals surface area contributed by atoms with Crippen LogP contribution in [0.4, 0.5) is 0 Å². The van der Waals surface area contributed by atoms with Crippen LogP contribution in [0, 0.1) is 0 Å². The van der Waals surface area contributed by atoms with Crippen molar-refractivity contribution >= 4 is 11.9 Å². The Hall–Kier alpha value is -2.75. The van der Waals surface area contributed by atoms with E-state index in [1.807, 2.05) is 0 Å². The summed E-state index contributed by atoms with van der Waals surface area (Å²) in [4.78, 5) is 11.8. The first kappa shape index (κ1) is 12.7. The van der Waals surface area contributed by atoms with E-state index in [1.54, 1.807) is 18.2 Å². The highest BCUT2D eigenvalue weighted by atomic mass is 16.3. The van der Waals surface area contributed by atoms with Gasteiger partial charge in [-0.1, -0.05) is 24.3 Å². The summed E-state index contributed by atoms with van der Waals surface area (Å²) in [5, 5.41) is 28.0. The summed E-state index contributed by atoms with van der Waals surface area (Å²) in [6.07, 6.45) is 2.79. The molecule has 0 fully saturated rings. The van der Waals surface area contributed by atoms with E-state index in [2.05, 4.69) is 0 Å². The van der Waals surface area contributed by atoms with Crippen LogP contribution in [0.3, 0.4) is 0 Å². The van der Waals surface area contributed by atoms with E-state index in [1.165, 1.54) is 36.4 Å². The Bertz CT molecular complexity index is 644. The number of carbonyl (C=O) groups excluding carboxylic acids is 1. The van der Waals surface area contributed by atoms with Gasteiger partial charge in [-0.05, 0) is 35.9 Å². The molecule has 0 heterocycles. The third kappa shape index (κ3) is 2.93. The maximum absolute atomic E-state index is 11.8. The molecule has 4 heteroatoms. The zero-order chi connectivity index (χ0) is 13.8. The van der Waals surface area contributed by atoms with Crippen molar-refractivity contribution in [1.29, 1.82) is 0 Å². The molecule has 2 rings (SSSR count). The van der Waals surface area contributed by atoms with E-state index in [0.29, 0.717) is 5.56 Å². The largest absolute Gasteiger partial charge is 0.507 e. The molecule has 0 saturated heterocycles. The Labute approximate surface area is 109 Å². The molecule has 0 amide bonds. The molecule has 19 heavy (non-hydrogen) atoms. The zero-order valence-corrected chi connectivity index (χ0v) is 9.95. The molecule has 4 nitrogen and oxygen atoms in total. The quantitative estimate of drug-likeness (QED) is 0.448. The van der Waals surface area contributed by atoms with Gasteiger partial charge < -0.3 is 15.3 Å². The maximum atomic E-state index is 11.8. The Balaban J connectivity index is 2.21. The number of hydrogen-bond donors (Lipinski definition) is 3. The summed E-state index contributed by atoms with van der Waals surface area (Å²) in [5.41, 5.74) is 0.779. The van der Waals surface area contributed by atoms with Crippen LogP contribution in [0.1, 0.15) is 15.9 Å². The van der Waals surface area contributed by atoms with Gasteiger partial charge in [0.1, 0.15) is 5.75 Å². The summed E-state index contributed by atoms with van der Waals surface area (Å²) < 4.78 is 0. The predicted octanol–water partition coefficient (Wildman–Crippen LogP) is 2.70. The number of carbonyl (C=O) groups is 1. The minimum atomic E-state index is -0.342. The fourth-order valence-corrected chi connectivity index (χ4v) is 1.59. The van der Waals surface area contributed by atoms with Crippen LogP contribution in [0.15, 0.2) is 48.5 Å². The second-order valence-electron chi connectivity index (χ2n) is 3.96. The first-order valence-electron chi connectivity index (χ1n) is 5.60. The van der Waals surface area contributed by atoms with Crippen molar-refractivity contribution in [1.82, 2.24) is 0 Å². The van der Waals surface area contributed by atoms with E-state index in [0.717, 1.165) is 0 Å². The van der Waals surface area contributed by atoms with E-state index in [-0.39, 0.29) is 28.6 Å². The third-order valence-electron chi connectivity index (χ3n) is 2.60. The highest BCUT2D eigenvalue weighted by molar-refractivity contribution is 6.08. The highest BCUT2D eigenvalue weighted by Gasteiger charge is 2.06. The maximum Gasteiger partial charge on any atom is 0.189 e. The second kappa shape index (κ2) is 5.27.